The number of benzene rings is 2. The van der Waals surface area contributed by atoms with Crippen LogP contribution in [-0.4, -0.2) is 28.6 Å². The molecule has 3 rings (SSSR count). The van der Waals surface area contributed by atoms with Gasteiger partial charge in [-0.2, -0.15) is 0 Å². The molecule has 2 aromatic carbocycles. The molecule has 0 saturated heterocycles. The van der Waals surface area contributed by atoms with Crippen LogP contribution in [0.25, 0.3) is 11.0 Å². The molecule has 0 radical (unpaired) electrons. The highest BCUT2D eigenvalue weighted by Crippen LogP contribution is 2.26. The standard InChI is InChI=1S/C25H31N3O2/c1-4-25(29)26-16-9-15-24-27-21-12-6-7-13-22(21)28(24)17-10-18-30-23-14-8-5-11-20(23)19(2)3/h4-8,11-14,19H,1,9-10,15-18H2,2-3H3,(H,26,29). The molecular formula is C25H31N3O2. The summed E-state index contributed by atoms with van der Waals surface area (Å²) < 4.78 is 8.38. The molecule has 1 heterocycles. The molecule has 1 amide bonds. The van der Waals surface area contributed by atoms with Crippen molar-refractivity contribution in [2.45, 2.75) is 45.6 Å². The van der Waals surface area contributed by atoms with Gasteiger partial charge in [-0.25, -0.2) is 4.98 Å². The molecule has 0 unspecified atom stereocenters. The fraction of sp³-hybridized carbons (Fsp3) is 0.360. The van der Waals surface area contributed by atoms with Crippen molar-refractivity contribution in [3.05, 3.63) is 72.6 Å². The van der Waals surface area contributed by atoms with E-state index in [0.29, 0.717) is 19.1 Å². The van der Waals surface area contributed by atoms with Gasteiger partial charge in [0, 0.05) is 19.5 Å². The van der Waals surface area contributed by atoms with E-state index in [2.05, 4.69) is 48.5 Å². The maximum absolute atomic E-state index is 11.3. The normalized spacial score (nSPS) is 11.0. The number of aryl methyl sites for hydroxylation is 2. The largest absolute Gasteiger partial charge is 0.493 e. The number of hydrogen-bond acceptors (Lipinski definition) is 3. The van der Waals surface area contributed by atoms with Crippen molar-refractivity contribution in [2.24, 2.45) is 0 Å². The third-order valence-corrected chi connectivity index (χ3v) is 5.12. The summed E-state index contributed by atoms with van der Waals surface area (Å²) in [6, 6.07) is 16.5. The van der Waals surface area contributed by atoms with Crippen molar-refractivity contribution in [3.8, 4) is 5.75 Å². The fourth-order valence-corrected chi connectivity index (χ4v) is 3.59. The summed E-state index contributed by atoms with van der Waals surface area (Å²) in [5, 5.41) is 2.83. The minimum atomic E-state index is -0.137. The summed E-state index contributed by atoms with van der Waals surface area (Å²) in [6.45, 7) is 9.96. The Morgan fingerprint density at radius 1 is 1.17 bits per heavy atom. The Balaban J connectivity index is 1.62. The highest BCUT2D eigenvalue weighted by Gasteiger charge is 2.11. The maximum Gasteiger partial charge on any atom is 0.243 e. The first-order valence-corrected chi connectivity index (χ1v) is 10.7. The third kappa shape index (κ3) is 5.50. The van der Waals surface area contributed by atoms with E-state index in [1.165, 1.54) is 11.6 Å². The van der Waals surface area contributed by atoms with Gasteiger partial charge in [0.25, 0.3) is 0 Å². The van der Waals surface area contributed by atoms with Crippen LogP contribution in [0.15, 0.2) is 61.2 Å². The number of carbonyl (C=O) groups is 1. The van der Waals surface area contributed by atoms with Gasteiger partial charge in [-0.15, -0.1) is 0 Å². The van der Waals surface area contributed by atoms with Gasteiger partial charge in [-0.1, -0.05) is 50.8 Å². The molecule has 0 aliphatic rings. The summed E-state index contributed by atoms with van der Waals surface area (Å²) in [6.07, 6.45) is 3.84. The number of aromatic nitrogens is 2. The Hall–Kier alpha value is -3.08. The number of ether oxygens (including phenoxy) is 1. The average Bonchev–Trinajstić information content (AvgIpc) is 3.11. The number of fused-ring (bicyclic) bond motifs is 1. The topological polar surface area (TPSA) is 56.2 Å². The van der Waals surface area contributed by atoms with Crippen molar-refractivity contribution in [1.82, 2.24) is 14.9 Å². The van der Waals surface area contributed by atoms with Crippen molar-refractivity contribution in [1.29, 1.82) is 0 Å². The molecule has 1 aromatic heterocycles. The van der Waals surface area contributed by atoms with Crippen LogP contribution in [0.2, 0.25) is 0 Å². The van der Waals surface area contributed by atoms with Crippen LogP contribution >= 0.6 is 0 Å². The Labute approximate surface area is 178 Å². The lowest BCUT2D eigenvalue weighted by Gasteiger charge is -2.14. The summed E-state index contributed by atoms with van der Waals surface area (Å²) in [5.74, 6) is 2.32. The fourth-order valence-electron chi connectivity index (χ4n) is 3.59. The van der Waals surface area contributed by atoms with E-state index < -0.39 is 0 Å². The molecule has 3 aromatic rings. The van der Waals surface area contributed by atoms with Crippen LogP contribution in [0.4, 0.5) is 0 Å². The van der Waals surface area contributed by atoms with Gasteiger partial charge in [0.15, 0.2) is 0 Å². The molecule has 0 fully saturated rings. The summed E-state index contributed by atoms with van der Waals surface area (Å²) in [5.41, 5.74) is 3.40. The Morgan fingerprint density at radius 2 is 1.93 bits per heavy atom. The molecule has 0 spiro atoms. The van der Waals surface area contributed by atoms with Crippen molar-refractivity contribution >= 4 is 16.9 Å². The van der Waals surface area contributed by atoms with Crippen molar-refractivity contribution < 1.29 is 9.53 Å². The number of carbonyl (C=O) groups excluding carboxylic acids is 1. The first-order chi connectivity index (χ1) is 14.6. The number of hydrogen-bond donors (Lipinski definition) is 1. The Morgan fingerprint density at radius 3 is 2.73 bits per heavy atom. The van der Waals surface area contributed by atoms with Gasteiger partial charge < -0.3 is 14.6 Å². The lowest BCUT2D eigenvalue weighted by Crippen LogP contribution is -2.22. The van der Waals surface area contributed by atoms with Crippen LogP contribution in [-0.2, 0) is 17.8 Å². The minimum Gasteiger partial charge on any atom is -0.493 e. The second-order valence-corrected chi connectivity index (χ2v) is 7.66. The van der Waals surface area contributed by atoms with Crippen LogP contribution in [0.5, 0.6) is 5.75 Å². The first-order valence-electron chi connectivity index (χ1n) is 10.7. The smallest absolute Gasteiger partial charge is 0.243 e. The second-order valence-electron chi connectivity index (χ2n) is 7.66. The quantitative estimate of drug-likeness (QED) is 0.366. The van der Waals surface area contributed by atoms with Crippen molar-refractivity contribution in [3.63, 3.8) is 0 Å². The van der Waals surface area contributed by atoms with Crippen LogP contribution in [0, 0.1) is 0 Å². The molecule has 0 saturated carbocycles. The summed E-state index contributed by atoms with van der Waals surface area (Å²) >= 11 is 0. The predicted octanol–water partition coefficient (Wildman–Crippen LogP) is 4.86. The number of rotatable bonds is 11. The molecule has 5 nitrogen and oxygen atoms in total. The van der Waals surface area contributed by atoms with E-state index >= 15 is 0 Å². The second kappa shape index (κ2) is 10.6. The third-order valence-electron chi connectivity index (χ3n) is 5.12. The van der Waals surface area contributed by atoms with E-state index in [0.717, 1.165) is 48.4 Å². The van der Waals surface area contributed by atoms with E-state index in [1.54, 1.807) is 0 Å². The zero-order chi connectivity index (χ0) is 21.3. The summed E-state index contributed by atoms with van der Waals surface area (Å²) in [4.78, 5) is 16.1. The highest BCUT2D eigenvalue weighted by molar-refractivity contribution is 5.86. The Kier molecular flexibility index (Phi) is 7.66. The van der Waals surface area contributed by atoms with Crippen LogP contribution in [0.3, 0.4) is 0 Å². The van der Waals surface area contributed by atoms with Gasteiger partial charge in [0.1, 0.15) is 11.6 Å². The summed E-state index contributed by atoms with van der Waals surface area (Å²) in [7, 11) is 0. The zero-order valence-corrected chi connectivity index (χ0v) is 17.9. The molecule has 5 heteroatoms. The SMILES string of the molecule is C=CC(=O)NCCCc1nc2ccccc2n1CCCOc1ccccc1C(C)C. The van der Waals surface area contributed by atoms with Gasteiger partial charge in [-0.3, -0.25) is 4.79 Å². The van der Waals surface area contributed by atoms with Gasteiger partial charge in [-0.05, 0) is 48.6 Å². The molecule has 0 aliphatic carbocycles. The van der Waals surface area contributed by atoms with Crippen LogP contribution in [0.1, 0.15) is 44.0 Å². The van der Waals surface area contributed by atoms with Crippen molar-refractivity contribution in [2.75, 3.05) is 13.2 Å². The molecule has 0 aliphatic heterocycles. The molecule has 158 valence electrons. The van der Waals surface area contributed by atoms with Gasteiger partial charge in [0.05, 0.1) is 17.6 Å². The predicted molar refractivity (Wildman–Crippen MR) is 122 cm³/mol. The van der Waals surface area contributed by atoms with Crippen LogP contribution < -0.4 is 10.1 Å². The molecule has 1 N–H and O–H groups in total. The minimum absolute atomic E-state index is 0.137. The maximum atomic E-state index is 11.3. The van der Waals surface area contributed by atoms with Gasteiger partial charge >= 0.3 is 0 Å². The average molecular weight is 406 g/mol. The molecule has 0 atom stereocenters. The Bertz CT molecular complexity index is 991. The molecular weight excluding hydrogens is 374 g/mol. The monoisotopic (exact) mass is 405 g/mol. The zero-order valence-electron chi connectivity index (χ0n) is 17.9. The van der Waals surface area contributed by atoms with Gasteiger partial charge in [0.2, 0.25) is 5.91 Å². The van der Waals surface area contributed by atoms with E-state index in [-0.39, 0.29) is 5.91 Å². The highest BCUT2D eigenvalue weighted by atomic mass is 16.5. The van der Waals surface area contributed by atoms with E-state index in [9.17, 15) is 4.79 Å². The lowest BCUT2D eigenvalue weighted by atomic mass is 10.0. The molecule has 30 heavy (non-hydrogen) atoms. The number of imidazole rings is 1. The van der Waals surface area contributed by atoms with E-state index in [1.807, 2.05) is 30.3 Å². The number of amides is 1. The lowest BCUT2D eigenvalue weighted by molar-refractivity contribution is -0.116. The number of nitrogens with one attached hydrogen (secondary N) is 1. The van der Waals surface area contributed by atoms with E-state index in [4.69, 9.17) is 9.72 Å². The number of para-hydroxylation sites is 3. The first kappa shape index (κ1) is 21.6. The number of nitrogens with zero attached hydrogens (tertiary/aromatic N) is 2. The molecule has 0 bridgehead atoms.